The van der Waals surface area contributed by atoms with Crippen molar-refractivity contribution in [3.63, 3.8) is 0 Å². The van der Waals surface area contributed by atoms with Gasteiger partial charge in [-0.2, -0.15) is 8.42 Å². The Morgan fingerprint density at radius 1 is 0.784 bits per heavy atom. The van der Waals surface area contributed by atoms with Crippen LogP contribution in [0.2, 0.25) is 0 Å². The van der Waals surface area contributed by atoms with Crippen LogP contribution in [0.1, 0.15) is 28.1 Å². The smallest absolute Gasteiger partial charge is 0.339 e. The van der Waals surface area contributed by atoms with E-state index in [0.717, 1.165) is 32.2 Å². The fourth-order valence-electron chi connectivity index (χ4n) is 3.44. The number of hydrogen-bond donors (Lipinski definition) is 2. The van der Waals surface area contributed by atoms with Crippen LogP contribution in [0.5, 0.6) is 5.75 Å². The summed E-state index contributed by atoms with van der Waals surface area (Å²) in [5.41, 5.74) is 3.88. The Bertz CT molecular complexity index is 1460. The molecular formula is C28H27NO5S3. The summed E-state index contributed by atoms with van der Waals surface area (Å²) in [6, 6.07) is 25.1. The fraction of sp³-hybridized carbons (Fsp3) is 0.179. The number of aryl methyl sites for hydroxylation is 1. The molecule has 0 aliphatic rings. The lowest BCUT2D eigenvalue weighted by molar-refractivity contribution is 0.281. The Morgan fingerprint density at radius 2 is 1.38 bits per heavy atom. The molecule has 1 heterocycles. The first-order valence-corrected chi connectivity index (χ1v) is 14.9. The van der Waals surface area contributed by atoms with E-state index in [1.165, 1.54) is 23.9 Å². The number of thioether (sulfide) groups is 2. The molecule has 0 aliphatic carbocycles. The number of rotatable bonds is 11. The second-order valence-electron chi connectivity index (χ2n) is 8.29. The maximum absolute atomic E-state index is 13.0. The van der Waals surface area contributed by atoms with Crippen molar-refractivity contribution in [1.82, 2.24) is 4.98 Å². The molecule has 0 radical (unpaired) electrons. The Labute approximate surface area is 225 Å². The van der Waals surface area contributed by atoms with Gasteiger partial charge >= 0.3 is 10.1 Å². The summed E-state index contributed by atoms with van der Waals surface area (Å²) in [5.74, 6) is 1.13. The maximum atomic E-state index is 13.0. The molecule has 0 saturated heterocycles. The Hall–Kier alpha value is -2.82. The van der Waals surface area contributed by atoms with Crippen molar-refractivity contribution in [1.29, 1.82) is 0 Å². The zero-order chi connectivity index (χ0) is 26.3. The van der Waals surface area contributed by atoms with Crippen molar-refractivity contribution in [3.8, 4) is 5.75 Å². The van der Waals surface area contributed by atoms with Gasteiger partial charge in [-0.15, -0.1) is 23.5 Å². The first-order valence-electron chi connectivity index (χ1n) is 11.5. The van der Waals surface area contributed by atoms with Gasteiger partial charge in [0.05, 0.1) is 24.6 Å². The lowest BCUT2D eigenvalue weighted by atomic mass is 10.2. The molecule has 0 saturated carbocycles. The Kier molecular flexibility index (Phi) is 9.28. The van der Waals surface area contributed by atoms with E-state index in [-0.39, 0.29) is 23.9 Å². The SMILES string of the molecule is Cc1ccc(S(=O)(=O)Oc2ccc(CSc3cccc(CO)c3)nc2CSc2cccc(CO)c2)cc1. The minimum atomic E-state index is -4.03. The number of hydrogen-bond acceptors (Lipinski definition) is 8. The average Bonchev–Trinajstić information content (AvgIpc) is 2.92. The molecule has 2 N–H and O–H groups in total. The highest BCUT2D eigenvalue weighted by molar-refractivity contribution is 7.98. The van der Waals surface area contributed by atoms with Gasteiger partial charge in [0.1, 0.15) is 4.90 Å². The summed E-state index contributed by atoms with van der Waals surface area (Å²) in [6.07, 6.45) is 0. The van der Waals surface area contributed by atoms with E-state index in [9.17, 15) is 18.6 Å². The summed E-state index contributed by atoms with van der Waals surface area (Å²) in [4.78, 5) is 6.77. The molecule has 0 aliphatic heterocycles. The van der Waals surface area contributed by atoms with Crippen LogP contribution in [0.25, 0.3) is 0 Å². The largest absolute Gasteiger partial charge is 0.392 e. The monoisotopic (exact) mass is 553 g/mol. The van der Waals surface area contributed by atoms with Gasteiger partial charge in [-0.25, -0.2) is 0 Å². The zero-order valence-corrected chi connectivity index (χ0v) is 22.7. The molecule has 4 aromatic rings. The van der Waals surface area contributed by atoms with Crippen molar-refractivity contribution in [3.05, 3.63) is 113 Å². The maximum Gasteiger partial charge on any atom is 0.339 e. The van der Waals surface area contributed by atoms with Crippen LogP contribution in [0.3, 0.4) is 0 Å². The summed E-state index contributed by atoms with van der Waals surface area (Å²) in [5, 5.41) is 18.8. The molecular weight excluding hydrogens is 527 g/mol. The number of aromatic nitrogens is 1. The van der Waals surface area contributed by atoms with Crippen LogP contribution in [0.15, 0.2) is 99.6 Å². The van der Waals surface area contributed by atoms with E-state index < -0.39 is 10.1 Å². The first kappa shape index (κ1) is 27.2. The highest BCUT2D eigenvalue weighted by atomic mass is 32.2. The molecule has 192 valence electrons. The van der Waals surface area contributed by atoms with Gasteiger partial charge < -0.3 is 14.4 Å². The number of nitrogens with zero attached hydrogens (tertiary/aromatic N) is 1. The van der Waals surface area contributed by atoms with Crippen molar-refractivity contribution in [2.45, 2.75) is 46.3 Å². The van der Waals surface area contributed by atoms with Crippen LogP contribution < -0.4 is 4.18 Å². The van der Waals surface area contributed by atoms with Gasteiger partial charge in [-0.3, -0.25) is 4.98 Å². The molecule has 6 nitrogen and oxygen atoms in total. The third-order valence-electron chi connectivity index (χ3n) is 5.42. The molecule has 4 rings (SSSR count). The standard InChI is InChI=1S/C28H27NO5S3/c1-20-8-11-26(12-9-20)37(32,33)34-28-13-10-23(18-35-24-6-2-4-21(14-24)16-30)29-27(28)19-36-25-7-3-5-22(15-25)17-31/h2-15,30-31H,16-19H2,1H3. The molecule has 0 bridgehead atoms. The van der Waals surface area contributed by atoms with Crippen LogP contribution in [-0.2, 0) is 34.8 Å². The zero-order valence-electron chi connectivity index (χ0n) is 20.2. The summed E-state index contributed by atoms with van der Waals surface area (Å²) < 4.78 is 31.5. The molecule has 0 amide bonds. The van der Waals surface area contributed by atoms with Gasteiger partial charge in [-0.05, 0) is 66.6 Å². The molecule has 9 heteroatoms. The van der Waals surface area contributed by atoms with Crippen molar-refractivity contribution in [2.24, 2.45) is 0 Å². The predicted molar refractivity (Wildman–Crippen MR) is 147 cm³/mol. The molecule has 37 heavy (non-hydrogen) atoms. The highest BCUT2D eigenvalue weighted by Crippen LogP contribution is 2.31. The van der Waals surface area contributed by atoms with Gasteiger partial charge in [-0.1, -0.05) is 42.0 Å². The average molecular weight is 554 g/mol. The molecule has 1 aromatic heterocycles. The van der Waals surface area contributed by atoms with E-state index in [1.54, 1.807) is 36.0 Å². The highest BCUT2D eigenvalue weighted by Gasteiger charge is 2.20. The third-order valence-corrected chi connectivity index (χ3v) is 8.70. The Balaban J connectivity index is 1.58. The lowest BCUT2D eigenvalue weighted by Gasteiger charge is -2.13. The second kappa shape index (κ2) is 12.6. The van der Waals surface area contributed by atoms with Gasteiger partial charge in [0.25, 0.3) is 0 Å². The quantitative estimate of drug-likeness (QED) is 0.180. The number of aliphatic hydroxyl groups excluding tert-OH is 2. The van der Waals surface area contributed by atoms with Gasteiger partial charge in [0, 0.05) is 21.3 Å². The second-order valence-corrected chi connectivity index (χ2v) is 11.9. The van der Waals surface area contributed by atoms with E-state index in [0.29, 0.717) is 17.2 Å². The Morgan fingerprint density at radius 3 is 1.97 bits per heavy atom. The van der Waals surface area contributed by atoms with Crippen molar-refractivity contribution >= 4 is 33.6 Å². The first-order chi connectivity index (χ1) is 17.9. The molecule has 3 aromatic carbocycles. The minimum Gasteiger partial charge on any atom is -0.392 e. The van der Waals surface area contributed by atoms with E-state index in [1.807, 2.05) is 55.5 Å². The topological polar surface area (TPSA) is 96.7 Å². The number of aliphatic hydroxyl groups is 2. The van der Waals surface area contributed by atoms with Crippen molar-refractivity contribution in [2.75, 3.05) is 0 Å². The summed E-state index contributed by atoms with van der Waals surface area (Å²) in [6.45, 7) is 1.81. The van der Waals surface area contributed by atoms with Crippen LogP contribution >= 0.6 is 23.5 Å². The predicted octanol–water partition coefficient (Wildman–Crippen LogP) is 5.73. The molecule has 0 spiro atoms. The van der Waals surface area contributed by atoms with E-state index in [4.69, 9.17) is 9.17 Å². The van der Waals surface area contributed by atoms with E-state index in [2.05, 4.69) is 0 Å². The molecule has 0 unspecified atom stereocenters. The molecule has 0 atom stereocenters. The van der Waals surface area contributed by atoms with Crippen LogP contribution in [-0.4, -0.2) is 23.6 Å². The van der Waals surface area contributed by atoms with Crippen molar-refractivity contribution < 1.29 is 22.8 Å². The normalized spacial score (nSPS) is 11.4. The van der Waals surface area contributed by atoms with E-state index >= 15 is 0 Å². The summed E-state index contributed by atoms with van der Waals surface area (Å²) in [7, 11) is -4.03. The van der Waals surface area contributed by atoms with Gasteiger partial charge in [0.2, 0.25) is 0 Å². The third kappa shape index (κ3) is 7.59. The van der Waals surface area contributed by atoms with Crippen LogP contribution in [0, 0.1) is 6.92 Å². The molecule has 0 fully saturated rings. The van der Waals surface area contributed by atoms with Gasteiger partial charge in [0.15, 0.2) is 5.75 Å². The number of benzene rings is 3. The fourth-order valence-corrected chi connectivity index (χ4v) is 6.20. The number of pyridine rings is 1. The lowest BCUT2D eigenvalue weighted by Crippen LogP contribution is -2.12. The summed E-state index contributed by atoms with van der Waals surface area (Å²) >= 11 is 3.07. The minimum absolute atomic E-state index is 0.0208. The van der Waals surface area contributed by atoms with Crippen LogP contribution in [0.4, 0.5) is 0 Å².